The number of piperazine rings is 1. The number of hydrogen-bond donors (Lipinski definition) is 0. The van der Waals surface area contributed by atoms with E-state index in [1.165, 1.54) is 7.11 Å². The van der Waals surface area contributed by atoms with E-state index in [1.807, 2.05) is 6.07 Å². The van der Waals surface area contributed by atoms with Gasteiger partial charge in [0.2, 0.25) is 5.76 Å². The number of furan rings is 1. The van der Waals surface area contributed by atoms with Gasteiger partial charge in [-0.3, -0.25) is 9.80 Å². The summed E-state index contributed by atoms with van der Waals surface area (Å²) in [7, 11) is 1.35. The number of carbonyl (C=O) groups is 1. The fourth-order valence-electron chi connectivity index (χ4n) is 2.41. The first kappa shape index (κ1) is 14.6. The Balaban J connectivity index is 1.95. The third-order valence-electron chi connectivity index (χ3n) is 3.69. The van der Waals surface area contributed by atoms with E-state index in [0.29, 0.717) is 6.54 Å². The van der Waals surface area contributed by atoms with Crippen LogP contribution in [0.15, 0.2) is 16.5 Å². The lowest BCUT2D eigenvalue weighted by atomic mass is 10.2. The van der Waals surface area contributed by atoms with Crippen LogP contribution in [0.1, 0.15) is 29.3 Å². The third kappa shape index (κ3) is 3.21. The average molecular weight is 276 g/mol. The zero-order valence-electron chi connectivity index (χ0n) is 12.0. The lowest BCUT2D eigenvalue weighted by Crippen LogP contribution is -2.47. The van der Waals surface area contributed by atoms with Crippen molar-refractivity contribution in [1.29, 1.82) is 0 Å². The molecular formula is C15H20N2O3. The molecule has 5 heteroatoms. The zero-order valence-corrected chi connectivity index (χ0v) is 12.0. The van der Waals surface area contributed by atoms with Crippen LogP contribution in [0.3, 0.4) is 0 Å². The van der Waals surface area contributed by atoms with Gasteiger partial charge in [-0.15, -0.1) is 6.42 Å². The van der Waals surface area contributed by atoms with Crippen LogP contribution in [-0.4, -0.2) is 55.6 Å². The maximum atomic E-state index is 11.4. The number of carbonyl (C=O) groups excluding carboxylic acids is 1. The quantitative estimate of drug-likeness (QED) is 0.614. The Kier molecular flexibility index (Phi) is 4.83. The topological polar surface area (TPSA) is 45.9 Å². The summed E-state index contributed by atoms with van der Waals surface area (Å²) in [6, 6.07) is 3.64. The van der Waals surface area contributed by atoms with E-state index in [4.69, 9.17) is 10.8 Å². The van der Waals surface area contributed by atoms with E-state index in [0.717, 1.165) is 31.9 Å². The van der Waals surface area contributed by atoms with E-state index in [2.05, 4.69) is 27.4 Å². The molecule has 1 aliphatic rings. The molecule has 1 atom stereocenters. The minimum atomic E-state index is -0.442. The molecule has 2 rings (SSSR count). The van der Waals surface area contributed by atoms with Gasteiger partial charge in [0.15, 0.2) is 0 Å². The SMILES string of the molecule is C#CCN1CCN([C@@H](C)c2ccc(C(=O)OC)o2)CC1. The first-order chi connectivity index (χ1) is 9.65. The van der Waals surface area contributed by atoms with Gasteiger partial charge < -0.3 is 9.15 Å². The highest BCUT2D eigenvalue weighted by molar-refractivity contribution is 5.86. The summed E-state index contributed by atoms with van der Waals surface area (Å²) in [4.78, 5) is 16.0. The van der Waals surface area contributed by atoms with Crippen LogP contribution in [0.4, 0.5) is 0 Å². The summed E-state index contributed by atoms with van der Waals surface area (Å²) in [5, 5.41) is 0. The Hall–Kier alpha value is -1.77. The summed E-state index contributed by atoms with van der Waals surface area (Å²) in [5.74, 6) is 3.27. The van der Waals surface area contributed by atoms with Gasteiger partial charge in [0.05, 0.1) is 19.7 Å². The number of nitrogens with zero attached hydrogens (tertiary/aromatic N) is 2. The molecule has 1 aromatic rings. The van der Waals surface area contributed by atoms with Crippen LogP contribution in [0, 0.1) is 12.3 Å². The molecule has 1 saturated heterocycles. The van der Waals surface area contributed by atoms with Crippen molar-refractivity contribution < 1.29 is 13.9 Å². The molecule has 0 aliphatic carbocycles. The normalized spacial score (nSPS) is 18.4. The van der Waals surface area contributed by atoms with Crippen LogP contribution in [0.5, 0.6) is 0 Å². The molecule has 20 heavy (non-hydrogen) atoms. The predicted molar refractivity (Wildman–Crippen MR) is 75.3 cm³/mol. The number of hydrogen-bond acceptors (Lipinski definition) is 5. The van der Waals surface area contributed by atoms with Crippen LogP contribution in [0.2, 0.25) is 0 Å². The molecule has 0 saturated carbocycles. The second kappa shape index (κ2) is 6.60. The highest BCUT2D eigenvalue weighted by atomic mass is 16.5. The highest BCUT2D eigenvalue weighted by Gasteiger charge is 2.24. The average Bonchev–Trinajstić information content (AvgIpc) is 2.96. The molecule has 0 amide bonds. The second-order valence-electron chi connectivity index (χ2n) is 4.89. The first-order valence-corrected chi connectivity index (χ1v) is 6.73. The van der Waals surface area contributed by atoms with Crippen LogP contribution in [-0.2, 0) is 4.74 Å². The Bertz CT molecular complexity index is 495. The lowest BCUT2D eigenvalue weighted by molar-refractivity contribution is 0.0554. The molecular weight excluding hydrogens is 256 g/mol. The molecule has 1 aliphatic heterocycles. The third-order valence-corrected chi connectivity index (χ3v) is 3.69. The van der Waals surface area contributed by atoms with Crippen LogP contribution < -0.4 is 0 Å². The minimum absolute atomic E-state index is 0.140. The monoisotopic (exact) mass is 276 g/mol. The minimum Gasteiger partial charge on any atom is -0.463 e. The van der Waals surface area contributed by atoms with Gasteiger partial charge in [-0.2, -0.15) is 0 Å². The van der Waals surface area contributed by atoms with Crippen molar-refractivity contribution in [2.75, 3.05) is 39.8 Å². The molecule has 0 N–H and O–H groups in total. The Morgan fingerprint density at radius 2 is 2.15 bits per heavy atom. The number of methoxy groups -OCH3 is 1. The predicted octanol–water partition coefficient (Wildman–Crippen LogP) is 1.38. The van der Waals surface area contributed by atoms with Gasteiger partial charge in [0, 0.05) is 26.2 Å². The molecule has 2 heterocycles. The van der Waals surface area contributed by atoms with Crippen molar-refractivity contribution in [2.45, 2.75) is 13.0 Å². The van der Waals surface area contributed by atoms with Crippen molar-refractivity contribution in [2.24, 2.45) is 0 Å². The van der Waals surface area contributed by atoms with Crippen LogP contribution in [0.25, 0.3) is 0 Å². The number of ether oxygens (including phenoxy) is 1. The molecule has 5 nitrogen and oxygen atoms in total. The summed E-state index contributed by atoms with van der Waals surface area (Å²) < 4.78 is 10.2. The lowest BCUT2D eigenvalue weighted by Gasteiger charge is -2.36. The summed E-state index contributed by atoms with van der Waals surface area (Å²) >= 11 is 0. The number of terminal acetylenes is 1. The van der Waals surface area contributed by atoms with E-state index in [9.17, 15) is 4.79 Å². The molecule has 0 unspecified atom stereocenters. The fourth-order valence-corrected chi connectivity index (χ4v) is 2.41. The first-order valence-electron chi connectivity index (χ1n) is 6.73. The smallest absolute Gasteiger partial charge is 0.373 e. The largest absolute Gasteiger partial charge is 0.463 e. The molecule has 0 aromatic carbocycles. The maximum Gasteiger partial charge on any atom is 0.373 e. The summed E-state index contributed by atoms with van der Waals surface area (Å²) in [6.07, 6.45) is 5.33. The van der Waals surface area contributed by atoms with Gasteiger partial charge in [0.1, 0.15) is 5.76 Å². The van der Waals surface area contributed by atoms with E-state index in [-0.39, 0.29) is 11.8 Å². The Morgan fingerprint density at radius 1 is 1.45 bits per heavy atom. The van der Waals surface area contributed by atoms with E-state index >= 15 is 0 Å². The van der Waals surface area contributed by atoms with Gasteiger partial charge in [-0.05, 0) is 19.1 Å². The summed E-state index contributed by atoms with van der Waals surface area (Å²) in [6.45, 7) is 6.58. The molecule has 0 spiro atoms. The number of rotatable bonds is 4. The van der Waals surface area contributed by atoms with Gasteiger partial charge in [-0.25, -0.2) is 4.79 Å². The fraction of sp³-hybridized carbons (Fsp3) is 0.533. The number of esters is 1. The molecule has 0 bridgehead atoms. The van der Waals surface area contributed by atoms with Crippen molar-refractivity contribution >= 4 is 5.97 Å². The van der Waals surface area contributed by atoms with Crippen molar-refractivity contribution in [3.63, 3.8) is 0 Å². The molecule has 1 fully saturated rings. The van der Waals surface area contributed by atoms with Gasteiger partial charge >= 0.3 is 5.97 Å². The van der Waals surface area contributed by atoms with Gasteiger partial charge in [-0.1, -0.05) is 5.92 Å². The standard InChI is InChI=1S/C15H20N2O3/c1-4-7-16-8-10-17(11-9-16)12(2)13-5-6-14(20-13)15(18)19-3/h1,5-6,12H,7-11H2,2-3H3/t12-/m0/s1. The summed E-state index contributed by atoms with van der Waals surface area (Å²) in [5.41, 5.74) is 0. The molecule has 1 aromatic heterocycles. The zero-order chi connectivity index (χ0) is 14.5. The Labute approximate surface area is 119 Å². The van der Waals surface area contributed by atoms with E-state index < -0.39 is 5.97 Å². The van der Waals surface area contributed by atoms with Gasteiger partial charge in [0.25, 0.3) is 0 Å². The highest BCUT2D eigenvalue weighted by Crippen LogP contribution is 2.23. The van der Waals surface area contributed by atoms with Crippen molar-refractivity contribution in [3.05, 3.63) is 23.7 Å². The molecule has 108 valence electrons. The second-order valence-corrected chi connectivity index (χ2v) is 4.89. The Morgan fingerprint density at radius 3 is 2.75 bits per heavy atom. The maximum absolute atomic E-state index is 11.4. The van der Waals surface area contributed by atoms with Crippen LogP contribution >= 0.6 is 0 Å². The molecule has 0 radical (unpaired) electrons. The van der Waals surface area contributed by atoms with E-state index in [1.54, 1.807) is 6.07 Å². The van der Waals surface area contributed by atoms with Crippen molar-refractivity contribution in [3.8, 4) is 12.3 Å². The van der Waals surface area contributed by atoms with Crippen molar-refractivity contribution in [1.82, 2.24) is 9.80 Å².